The summed E-state index contributed by atoms with van der Waals surface area (Å²) in [5, 5.41) is 16.9. The van der Waals surface area contributed by atoms with Crippen LogP contribution in [-0.2, 0) is 6.42 Å². The number of benzene rings is 1. The second kappa shape index (κ2) is 6.11. The summed E-state index contributed by atoms with van der Waals surface area (Å²) in [5.74, 6) is 0.0284. The predicted octanol–water partition coefficient (Wildman–Crippen LogP) is 1.60. The first-order chi connectivity index (χ1) is 9.58. The van der Waals surface area contributed by atoms with Gasteiger partial charge in [-0.15, -0.1) is 0 Å². The molecule has 9 heteroatoms. The molecular weight excluding hydrogens is 288 g/mol. The first-order valence-electron chi connectivity index (χ1n) is 5.55. The highest BCUT2D eigenvalue weighted by Crippen LogP contribution is 2.24. The van der Waals surface area contributed by atoms with Crippen LogP contribution in [0.25, 0.3) is 0 Å². The molecule has 0 aliphatic rings. The van der Waals surface area contributed by atoms with Crippen molar-refractivity contribution in [1.29, 1.82) is 0 Å². The maximum Gasteiger partial charge on any atom is 0.288 e. The Bertz CT molecular complexity index is 629. The normalized spacial score (nSPS) is 10.2. The number of nitro benzene ring substituents is 1. The number of hydrogen-bond acceptors (Lipinski definition) is 6. The number of carbonyl (C=O) groups is 1. The smallest absolute Gasteiger partial charge is 0.288 e. The van der Waals surface area contributed by atoms with Crippen molar-refractivity contribution in [2.24, 2.45) is 0 Å². The molecule has 0 radical (unpaired) electrons. The number of aromatic nitrogens is 2. The molecule has 0 unspecified atom stereocenters. The van der Waals surface area contributed by atoms with Crippen molar-refractivity contribution in [3.8, 4) is 0 Å². The van der Waals surface area contributed by atoms with E-state index in [9.17, 15) is 14.9 Å². The van der Waals surface area contributed by atoms with E-state index in [1.54, 1.807) is 0 Å². The first kappa shape index (κ1) is 13.9. The van der Waals surface area contributed by atoms with E-state index in [4.69, 9.17) is 11.6 Å². The van der Waals surface area contributed by atoms with Gasteiger partial charge in [0.2, 0.25) is 6.39 Å². The zero-order valence-electron chi connectivity index (χ0n) is 10.1. The van der Waals surface area contributed by atoms with Crippen LogP contribution in [0, 0.1) is 10.1 Å². The fourth-order valence-corrected chi connectivity index (χ4v) is 1.67. The van der Waals surface area contributed by atoms with Gasteiger partial charge in [-0.05, 0) is 12.1 Å². The molecule has 0 aliphatic heterocycles. The molecule has 8 nitrogen and oxygen atoms in total. The lowest BCUT2D eigenvalue weighted by molar-refractivity contribution is -0.384. The van der Waals surface area contributed by atoms with E-state index >= 15 is 0 Å². The van der Waals surface area contributed by atoms with E-state index in [1.165, 1.54) is 18.5 Å². The van der Waals surface area contributed by atoms with Crippen molar-refractivity contribution >= 4 is 23.2 Å². The van der Waals surface area contributed by atoms with E-state index < -0.39 is 10.8 Å². The number of nitrogens with zero attached hydrogens (tertiary/aromatic N) is 3. The molecule has 2 rings (SSSR count). The topological polar surface area (TPSA) is 111 Å². The second-order valence-corrected chi connectivity index (χ2v) is 4.18. The minimum atomic E-state index is -0.640. The van der Waals surface area contributed by atoms with Crippen LogP contribution < -0.4 is 5.32 Å². The van der Waals surface area contributed by atoms with Gasteiger partial charge in [-0.25, -0.2) is 0 Å². The summed E-state index contributed by atoms with van der Waals surface area (Å²) >= 11 is 5.67. The largest absolute Gasteiger partial charge is 0.352 e. The van der Waals surface area contributed by atoms with E-state index in [-0.39, 0.29) is 22.8 Å². The fraction of sp³-hybridized carbons (Fsp3) is 0.182. The summed E-state index contributed by atoms with van der Waals surface area (Å²) in [6, 6.07) is 3.86. The molecule has 0 aliphatic carbocycles. The van der Waals surface area contributed by atoms with Crippen molar-refractivity contribution in [2.45, 2.75) is 6.42 Å². The van der Waals surface area contributed by atoms with Crippen LogP contribution in [0.4, 0.5) is 5.69 Å². The molecule has 1 aromatic carbocycles. The van der Waals surface area contributed by atoms with Gasteiger partial charge < -0.3 is 9.84 Å². The Morgan fingerprint density at radius 2 is 2.30 bits per heavy atom. The number of nitrogens with one attached hydrogen (secondary N) is 1. The highest BCUT2D eigenvalue weighted by Gasteiger charge is 2.16. The Morgan fingerprint density at radius 3 is 2.95 bits per heavy atom. The Kier molecular flexibility index (Phi) is 4.26. The van der Waals surface area contributed by atoms with Gasteiger partial charge in [0.1, 0.15) is 5.02 Å². The van der Waals surface area contributed by atoms with Crippen LogP contribution in [0.2, 0.25) is 5.02 Å². The van der Waals surface area contributed by atoms with Crippen molar-refractivity contribution in [3.05, 3.63) is 51.1 Å². The molecule has 1 N–H and O–H groups in total. The quantitative estimate of drug-likeness (QED) is 0.662. The van der Waals surface area contributed by atoms with Gasteiger partial charge in [0, 0.05) is 24.6 Å². The second-order valence-electron chi connectivity index (χ2n) is 3.78. The number of rotatable bonds is 5. The lowest BCUT2D eigenvalue weighted by atomic mass is 10.2. The molecule has 1 amide bonds. The molecule has 1 heterocycles. The molecule has 1 aromatic heterocycles. The van der Waals surface area contributed by atoms with Crippen molar-refractivity contribution in [1.82, 2.24) is 15.5 Å². The zero-order chi connectivity index (χ0) is 14.5. The SMILES string of the molecule is O=C(NCCc1ncon1)c1ccc(Cl)c([N+](=O)[O-])c1. The highest BCUT2D eigenvalue weighted by molar-refractivity contribution is 6.32. The summed E-state index contributed by atoms with van der Waals surface area (Å²) in [7, 11) is 0. The molecule has 0 bridgehead atoms. The maximum absolute atomic E-state index is 11.8. The average molecular weight is 297 g/mol. The number of nitro groups is 1. The summed E-state index contributed by atoms with van der Waals surface area (Å²) in [5.41, 5.74) is -0.147. The Balaban J connectivity index is 1.98. The van der Waals surface area contributed by atoms with E-state index in [0.29, 0.717) is 12.2 Å². The molecule has 0 atom stereocenters. The van der Waals surface area contributed by atoms with Crippen LogP contribution in [-0.4, -0.2) is 27.5 Å². The van der Waals surface area contributed by atoms with Crippen molar-refractivity contribution in [2.75, 3.05) is 6.54 Å². The monoisotopic (exact) mass is 296 g/mol. The average Bonchev–Trinajstić information content (AvgIpc) is 2.92. The molecular formula is C11H9ClN4O4. The number of halogens is 1. The molecule has 20 heavy (non-hydrogen) atoms. The Morgan fingerprint density at radius 1 is 1.50 bits per heavy atom. The molecule has 0 spiro atoms. The van der Waals surface area contributed by atoms with Crippen molar-refractivity contribution < 1.29 is 14.2 Å². The number of hydrogen-bond donors (Lipinski definition) is 1. The Hall–Kier alpha value is -2.48. The number of carbonyl (C=O) groups excluding carboxylic acids is 1. The van der Waals surface area contributed by atoms with Crippen LogP contribution in [0.15, 0.2) is 29.1 Å². The standard InChI is InChI=1S/C11H9ClN4O4/c12-8-2-1-7(5-9(8)16(18)19)11(17)13-4-3-10-14-6-20-15-10/h1-2,5-6H,3-4H2,(H,13,17). The van der Waals surface area contributed by atoms with Crippen LogP contribution >= 0.6 is 11.6 Å². The summed E-state index contributed by atoms with van der Waals surface area (Å²) in [6.45, 7) is 0.286. The molecule has 0 saturated carbocycles. The molecule has 104 valence electrons. The van der Waals surface area contributed by atoms with Gasteiger partial charge >= 0.3 is 0 Å². The lowest BCUT2D eigenvalue weighted by Gasteiger charge is -2.04. The van der Waals surface area contributed by atoms with Gasteiger partial charge in [-0.1, -0.05) is 16.8 Å². The lowest BCUT2D eigenvalue weighted by Crippen LogP contribution is -2.26. The summed E-state index contributed by atoms with van der Waals surface area (Å²) < 4.78 is 4.55. The van der Waals surface area contributed by atoms with Crippen LogP contribution in [0.3, 0.4) is 0 Å². The minimum absolute atomic E-state index is 0.0154. The predicted molar refractivity (Wildman–Crippen MR) is 68.4 cm³/mol. The van der Waals surface area contributed by atoms with E-state index in [0.717, 1.165) is 6.07 Å². The summed E-state index contributed by atoms with van der Waals surface area (Å²) in [6.07, 6.45) is 1.59. The molecule has 2 aromatic rings. The van der Waals surface area contributed by atoms with Gasteiger partial charge in [0.15, 0.2) is 5.82 Å². The fourth-order valence-electron chi connectivity index (χ4n) is 1.49. The maximum atomic E-state index is 11.8. The highest BCUT2D eigenvalue weighted by atomic mass is 35.5. The first-order valence-corrected chi connectivity index (χ1v) is 5.93. The zero-order valence-corrected chi connectivity index (χ0v) is 10.8. The van der Waals surface area contributed by atoms with Crippen LogP contribution in [0.1, 0.15) is 16.2 Å². The number of amides is 1. The molecule has 0 saturated heterocycles. The Labute approximate surface area is 117 Å². The van der Waals surface area contributed by atoms with Gasteiger partial charge in [0.05, 0.1) is 4.92 Å². The van der Waals surface area contributed by atoms with E-state index in [1.807, 2.05) is 0 Å². The minimum Gasteiger partial charge on any atom is -0.352 e. The van der Waals surface area contributed by atoms with Gasteiger partial charge in [-0.2, -0.15) is 4.98 Å². The van der Waals surface area contributed by atoms with Crippen molar-refractivity contribution in [3.63, 3.8) is 0 Å². The third-order valence-corrected chi connectivity index (χ3v) is 2.77. The van der Waals surface area contributed by atoms with Gasteiger partial charge in [0.25, 0.3) is 11.6 Å². The van der Waals surface area contributed by atoms with Crippen LogP contribution in [0.5, 0.6) is 0 Å². The summed E-state index contributed by atoms with van der Waals surface area (Å²) in [4.78, 5) is 25.7. The van der Waals surface area contributed by atoms with Gasteiger partial charge in [-0.3, -0.25) is 14.9 Å². The van der Waals surface area contributed by atoms with E-state index in [2.05, 4.69) is 20.0 Å². The third-order valence-electron chi connectivity index (χ3n) is 2.45. The molecule has 0 fully saturated rings. The third kappa shape index (κ3) is 3.29.